The van der Waals surface area contributed by atoms with Gasteiger partial charge in [0.2, 0.25) is 0 Å². The van der Waals surface area contributed by atoms with Crippen LogP contribution in [0.5, 0.6) is 0 Å². The van der Waals surface area contributed by atoms with Crippen LogP contribution in [0.1, 0.15) is 26.7 Å². The molecule has 0 aliphatic carbocycles. The predicted octanol–water partition coefficient (Wildman–Crippen LogP) is 2.25. The first-order chi connectivity index (χ1) is 7.29. The summed E-state index contributed by atoms with van der Waals surface area (Å²) in [5.74, 6) is -0.564. The summed E-state index contributed by atoms with van der Waals surface area (Å²) in [6.45, 7) is 3.93. The van der Waals surface area contributed by atoms with Crippen LogP contribution >= 0.6 is 45.2 Å². The van der Waals surface area contributed by atoms with Gasteiger partial charge in [0.25, 0.3) is 0 Å². The van der Waals surface area contributed by atoms with Crippen molar-refractivity contribution in [3.05, 3.63) is 0 Å². The normalized spacial score (nSPS) is 29.1. The van der Waals surface area contributed by atoms with Crippen LogP contribution in [0.4, 0.5) is 0 Å². The number of halogens is 2. The third kappa shape index (κ3) is 3.71. The number of ether oxygens (including phenoxy) is 2. The van der Waals surface area contributed by atoms with E-state index in [2.05, 4.69) is 45.2 Å². The molecule has 6 heteroatoms. The lowest BCUT2D eigenvalue weighted by molar-refractivity contribution is -0.175. The maximum absolute atomic E-state index is 11.9. The Morgan fingerprint density at radius 3 is 2.81 bits per heavy atom. The standard InChI is InChI=1S/C10H14I2O4/c1-9(3-4-15-7(13)5-9)16-8(14)10(2,12)6-11/h3-6H2,1-2H3. The minimum absolute atomic E-state index is 0.146. The van der Waals surface area contributed by atoms with E-state index < -0.39 is 9.02 Å². The van der Waals surface area contributed by atoms with E-state index in [9.17, 15) is 9.59 Å². The van der Waals surface area contributed by atoms with Gasteiger partial charge in [-0.2, -0.15) is 0 Å². The lowest BCUT2D eigenvalue weighted by Crippen LogP contribution is -2.44. The Morgan fingerprint density at radius 1 is 1.69 bits per heavy atom. The smallest absolute Gasteiger partial charge is 0.323 e. The molecule has 0 bridgehead atoms. The Morgan fingerprint density at radius 2 is 2.31 bits per heavy atom. The van der Waals surface area contributed by atoms with Crippen LogP contribution in [0.3, 0.4) is 0 Å². The highest BCUT2D eigenvalue weighted by atomic mass is 127. The first-order valence-corrected chi connectivity index (χ1v) is 7.53. The van der Waals surface area contributed by atoms with Crippen molar-refractivity contribution in [3.63, 3.8) is 0 Å². The average molecular weight is 452 g/mol. The molecule has 0 radical (unpaired) electrons. The Hall–Kier alpha value is 0.400. The van der Waals surface area contributed by atoms with E-state index >= 15 is 0 Å². The Kier molecular flexibility index (Phi) is 4.85. The van der Waals surface area contributed by atoms with Crippen molar-refractivity contribution in [2.24, 2.45) is 0 Å². The monoisotopic (exact) mass is 452 g/mol. The maximum Gasteiger partial charge on any atom is 0.323 e. The van der Waals surface area contributed by atoms with E-state index in [1.54, 1.807) is 6.92 Å². The van der Waals surface area contributed by atoms with Gasteiger partial charge in [-0.1, -0.05) is 45.2 Å². The fourth-order valence-electron chi connectivity index (χ4n) is 1.30. The highest BCUT2D eigenvalue weighted by Crippen LogP contribution is 2.30. The minimum atomic E-state index is -0.704. The van der Waals surface area contributed by atoms with E-state index in [0.29, 0.717) is 17.5 Å². The van der Waals surface area contributed by atoms with Crippen molar-refractivity contribution in [2.45, 2.75) is 35.7 Å². The SMILES string of the molecule is CC1(OC(=O)C(C)(I)CI)CCOC(=O)C1. The summed E-state index contributed by atoms with van der Waals surface area (Å²) in [5, 5.41) is 0. The van der Waals surface area contributed by atoms with Gasteiger partial charge in [0.1, 0.15) is 9.02 Å². The molecule has 2 unspecified atom stereocenters. The van der Waals surface area contributed by atoms with Gasteiger partial charge in [0.05, 0.1) is 13.0 Å². The van der Waals surface area contributed by atoms with Crippen LogP contribution in [0.15, 0.2) is 0 Å². The highest BCUT2D eigenvalue weighted by molar-refractivity contribution is 14.1. The van der Waals surface area contributed by atoms with Crippen molar-refractivity contribution in [3.8, 4) is 0 Å². The molecule has 1 aliphatic heterocycles. The second kappa shape index (κ2) is 5.36. The van der Waals surface area contributed by atoms with Gasteiger partial charge >= 0.3 is 11.9 Å². The summed E-state index contributed by atoms with van der Waals surface area (Å²) < 4.78 is 10.4. The van der Waals surface area contributed by atoms with Crippen molar-refractivity contribution in [2.75, 3.05) is 11.0 Å². The molecule has 0 amide bonds. The van der Waals surface area contributed by atoms with Gasteiger partial charge in [-0.05, 0) is 13.8 Å². The number of alkyl halides is 2. The van der Waals surface area contributed by atoms with E-state index in [1.807, 2.05) is 6.92 Å². The molecule has 92 valence electrons. The van der Waals surface area contributed by atoms with E-state index in [4.69, 9.17) is 9.47 Å². The zero-order chi connectivity index (χ0) is 12.4. The Bertz CT molecular complexity index is 303. The number of carbonyl (C=O) groups is 2. The molecule has 0 aromatic heterocycles. The molecule has 0 saturated carbocycles. The zero-order valence-electron chi connectivity index (χ0n) is 9.22. The van der Waals surface area contributed by atoms with Crippen LogP contribution in [-0.4, -0.2) is 32.0 Å². The van der Waals surface area contributed by atoms with Crippen molar-refractivity contribution >= 4 is 57.1 Å². The summed E-state index contributed by atoms with van der Waals surface area (Å²) in [6, 6.07) is 0. The molecule has 1 fully saturated rings. The van der Waals surface area contributed by atoms with Gasteiger partial charge in [0.15, 0.2) is 0 Å². The second-order valence-electron chi connectivity index (χ2n) is 4.32. The molecule has 4 nitrogen and oxygen atoms in total. The molecule has 1 aliphatic rings. The quantitative estimate of drug-likeness (QED) is 0.375. The molecule has 0 N–H and O–H groups in total. The predicted molar refractivity (Wildman–Crippen MR) is 76.0 cm³/mol. The lowest BCUT2D eigenvalue weighted by atomic mass is 9.96. The van der Waals surface area contributed by atoms with Gasteiger partial charge in [-0.15, -0.1) is 0 Å². The second-order valence-corrected chi connectivity index (χ2v) is 7.46. The topological polar surface area (TPSA) is 52.6 Å². The number of rotatable bonds is 3. The van der Waals surface area contributed by atoms with Crippen LogP contribution < -0.4 is 0 Å². The van der Waals surface area contributed by atoms with Gasteiger partial charge in [-0.3, -0.25) is 9.59 Å². The third-order valence-corrected chi connectivity index (χ3v) is 6.23. The Balaban J connectivity index is 2.65. The van der Waals surface area contributed by atoms with Gasteiger partial charge in [0, 0.05) is 10.8 Å². The molecule has 0 aromatic carbocycles. The van der Waals surface area contributed by atoms with Crippen molar-refractivity contribution in [1.29, 1.82) is 0 Å². The summed E-state index contributed by atoms with van der Waals surface area (Å²) in [7, 11) is 0. The summed E-state index contributed by atoms with van der Waals surface area (Å²) >= 11 is 4.22. The minimum Gasteiger partial charge on any atom is -0.465 e. The molecule has 1 heterocycles. The van der Waals surface area contributed by atoms with Crippen LogP contribution in [0, 0.1) is 0 Å². The molecular weight excluding hydrogens is 438 g/mol. The molecule has 1 saturated heterocycles. The number of cyclic esters (lactones) is 1. The molecule has 1 rings (SSSR count). The highest BCUT2D eigenvalue weighted by Gasteiger charge is 2.40. The van der Waals surface area contributed by atoms with Gasteiger partial charge < -0.3 is 9.47 Å². The first kappa shape index (κ1) is 14.5. The molecule has 16 heavy (non-hydrogen) atoms. The average Bonchev–Trinajstić information content (AvgIpc) is 2.16. The van der Waals surface area contributed by atoms with E-state index in [1.165, 1.54) is 0 Å². The molecule has 0 aromatic rings. The fourth-order valence-corrected chi connectivity index (χ4v) is 1.72. The number of hydrogen-bond acceptors (Lipinski definition) is 4. The summed E-state index contributed by atoms with van der Waals surface area (Å²) in [6.07, 6.45) is 0.713. The number of carbonyl (C=O) groups excluding carboxylic acids is 2. The molecule has 2 atom stereocenters. The van der Waals surface area contributed by atoms with Crippen molar-refractivity contribution < 1.29 is 19.1 Å². The zero-order valence-corrected chi connectivity index (χ0v) is 13.5. The molecule has 0 spiro atoms. The van der Waals surface area contributed by atoms with Crippen LogP contribution in [0.25, 0.3) is 0 Å². The fraction of sp³-hybridized carbons (Fsp3) is 0.800. The first-order valence-electron chi connectivity index (χ1n) is 4.93. The third-order valence-electron chi connectivity index (χ3n) is 2.43. The largest absolute Gasteiger partial charge is 0.465 e. The summed E-state index contributed by atoms with van der Waals surface area (Å²) in [5.41, 5.74) is -0.704. The van der Waals surface area contributed by atoms with E-state index in [-0.39, 0.29) is 18.4 Å². The van der Waals surface area contributed by atoms with E-state index in [0.717, 1.165) is 0 Å². The summed E-state index contributed by atoms with van der Waals surface area (Å²) in [4.78, 5) is 23.1. The Labute approximate surface area is 122 Å². The van der Waals surface area contributed by atoms with Crippen LogP contribution in [-0.2, 0) is 19.1 Å². The molecular formula is C10H14I2O4. The maximum atomic E-state index is 11.9. The number of hydrogen-bond donors (Lipinski definition) is 0. The van der Waals surface area contributed by atoms with Gasteiger partial charge in [-0.25, -0.2) is 0 Å². The van der Waals surface area contributed by atoms with Crippen LogP contribution in [0.2, 0.25) is 0 Å². The number of esters is 2. The lowest BCUT2D eigenvalue weighted by Gasteiger charge is -2.34. The van der Waals surface area contributed by atoms with Crippen molar-refractivity contribution in [1.82, 2.24) is 0 Å².